The summed E-state index contributed by atoms with van der Waals surface area (Å²) in [6.07, 6.45) is 3.50. The molecule has 0 radical (unpaired) electrons. The highest BCUT2D eigenvalue weighted by atomic mass is 16.5. The number of rotatable bonds is 1. The molecule has 16 heavy (non-hydrogen) atoms. The topological polar surface area (TPSA) is 42.4 Å². The lowest BCUT2D eigenvalue weighted by Gasteiger charge is -2.31. The normalized spacial score (nSPS) is 22.6. The Hall–Kier alpha value is -1.42. The van der Waals surface area contributed by atoms with Crippen LogP contribution in [0.4, 0.5) is 5.82 Å². The van der Waals surface area contributed by atoms with Gasteiger partial charge in [0.1, 0.15) is 11.4 Å². The van der Waals surface area contributed by atoms with Crippen LogP contribution in [0.1, 0.15) is 18.4 Å². The number of pyridine rings is 1. The molecule has 0 atom stereocenters. The van der Waals surface area contributed by atoms with Crippen molar-refractivity contribution in [3.63, 3.8) is 0 Å². The number of hydrogen-bond donors (Lipinski definition) is 0. The lowest BCUT2D eigenvalue weighted by Crippen LogP contribution is -2.49. The van der Waals surface area contributed by atoms with Crippen molar-refractivity contribution in [3.05, 3.63) is 23.9 Å². The predicted molar refractivity (Wildman–Crippen MR) is 59.2 cm³/mol. The molecule has 1 saturated heterocycles. The van der Waals surface area contributed by atoms with Crippen LogP contribution in [-0.4, -0.2) is 29.6 Å². The molecule has 2 aliphatic rings. The summed E-state index contributed by atoms with van der Waals surface area (Å²) in [4.78, 5) is 18.2. The number of aromatic nitrogens is 1. The fourth-order valence-electron chi connectivity index (χ4n) is 2.05. The smallest absolute Gasteiger partial charge is 0.260 e. The van der Waals surface area contributed by atoms with Gasteiger partial charge in [-0.2, -0.15) is 0 Å². The van der Waals surface area contributed by atoms with Gasteiger partial charge in [0.2, 0.25) is 0 Å². The van der Waals surface area contributed by atoms with E-state index in [1.54, 1.807) is 11.1 Å². The van der Waals surface area contributed by atoms with Crippen molar-refractivity contribution in [3.8, 4) is 0 Å². The fourth-order valence-corrected chi connectivity index (χ4v) is 2.05. The molecule has 0 unspecified atom stereocenters. The molecule has 1 aliphatic heterocycles. The Morgan fingerprint density at radius 2 is 2.25 bits per heavy atom. The van der Waals surface area contributed by atoms with Crippen LogP contribution in [0.5, 0.6) is 0 Å². The third-order valence-electron chi connectivity index (χ3n) is 3.20. The molecule has 1 saturated carbocycles. The van der Waals surface area contributed by atoms with Crippen LogP contribution in [0.15, 0.2) is 18.3 Å². The highest BCUT2D eigenvalue weighted by molar-refractivity contribution is 6.01. The molecule has 1 amide bonds. The molecule has 1 aromatic rings. The maximum absolute atomic E-state index is 12.2. The van der Waals surface area contributed by atoms with Crippen molar-refractivity contribution in [2.45, 2.75) is 25.4 Å². The van der Waals surface area contributed by atoms with Gasteiger partial charge < -0.3 is 4.74 Å². The van der Waals surface area contributed by atoms with Gasteiger partial charge >= 0.3 is 0 Å². The largest absolute Gasteiger partial charge is 0.363 e. The van der Waals surface area contributed by atoms with Crippen LogP contribution in [0, 0.1) is 6.92 Å². The molecule has 1 aliphatic carbocycles. The van der Waals surface area contributed by atoms with E-state index in [0.29, 0.717) is 13.2 Å². The molecule has 1 spiro atoms. The Morgan fingerprint density at radius 3 is 2.88 bits per heavy atom. The lowest BCUT2D eigenvalue weighted by molar-refractivity contribution is -0.137. The van der Waals surface area contributed by atoms with Gasteiger partial charge in [-0.15, -0.1) is 0 Å². The number of aryl methyl sites for hydroxylation is 1. The van der Waals surface area contributed by atoms with E-state index in [4.69, 9.17) is 4.74 Å². The first kappa shape index (κ1) is 9.78. The molecule has 4 heteroatoms. The molecule has 4 nitrogen and oxygen atoms in total. The van der Waals surface area contributed by atoms with Crippen molar-refractivity contribution in [1.82, 2.24) is 4.98 Å². The molecule has 84 valence electrons. The second kappa shape index (κ2) is 3.28. The Morgan fingerprint density at radius 1 is 1.44 bits per heavy atom. The molecular formula is C12H14N2O2. The van der Waals surface area contributed by atoms with Gasteiger partial charge in [-0.05, 0) is 31.4 Å². The quantitative estimate of drug-likeness (QED) is 0.713. The van der Waals surface area contributed by atoms with Crippen molar-refractivity contribution in [1.29, 1.82) is 0 Å². The minimum absolute atomic E-state index is 0.0788. The fraction of sp³-hybridized carbons (Fsp3) is 0.500. The van der Waals surface area contributed by atoms with Crippen LogP contribution in [0.25, 0.3) is 0 Å². The lowest BCUT2D eigenvalue weighted by atomic mass is 10.2. The average molecular weight is 218 g/mol. The first-order chi connectivity index (χ1) is 7.71. The maximum atomic E-state index is 12.2. The van der Waals surface area contributed by atoms with E-state index >= 15 is 0 Å². The van der Waals surface area contributed by atoms with E-state index in [9.17, 15) is 4.79 Å². The van der Waals surface area contributed by atoms with Crippen LogP contribution in [0.3, 0.4) is 0 Å². The first-order valence-corrected chi connectivity index (χ1v) is 5.60. The predicted octanol–water partition coefficient (Wildman–Crippen LogP) is 1.29. The molecular weight excluding hydrogens is 204 g/mol. The minimum atomic E-state index is -0.495. The number of amides is 1. The van der Waals surface area contributed by atoms with Gasteiger partial charge in [0, 0.05) is 6.20 Å². The molecule has 0 N–H and O–H groups in total. The summed E-state index contributed by atoms with van der Waals surface area (Å²) in [6, 6.07) is 3.87. The zero-order valence-electron chi connectivity index (χ0n) is 9.27. The first-order valence-electron chi connectivity index (χ1n) is 5.60. The van der Waals surface area contributed by atoms with E-state index in [0.717, 1.165) is 24.2 Å². The van der Waals surface area contributed by atoms with Crippen molar-refractivity contribution in [2.24, 2.45) is 0 Å². The molecule has 1 aromatic heterocycles. The van der Waals surface area contributed by atoms with Crippen LogP contribution in [0.2, 0.25) is 0 Å². The summed E-state index contributed by atoms with van der Waals surface area (Å²) in [5.74, 6) is 0.820. The summed E-state index contributed by atoms with van der Waals surface area (Å²) in [6.45, 7) is 3.21. The van der Waals surface area contributed by atoms with E-state index in [2.05, 4.69) is 4.98 Å². The Bertz CT molecular complexity index is 423. The Balaban J connectivity index is 1.89. The number of carbonyl (C=O) groups excluding carboxylic acids is 1. The number of anilines is 1. The molecule has 2 fully saturated rings. The Kier molecular flexibility index (Phi) is 2.01. The van der Waals surface area contributed by atoms with Crippen molar-refractivity contribution in [2.75, 3.05) is 18.1 Å². The molecule has 3 rings (SSSR count). The third-order valence-corrected chi connectivity index (χ3v) is 3.20. The highest BCUT2D eigenvalue weighted by Gasteiger charge is 2.55. The third kappa shape index (κ3) is 1.41. The van der Waals surface area contributed by atoms with Crippen LogP contribution in [-0.2, 0) is 9.53 Å². The van der Waals surface area contributed by atoms with Gasteiger partial charge in [-0.25, -0.2) is 4.98 Å². The van der Waals surface area contributed by atoms with E-state index in [1.807, 2.05) is 19.1 Å². The van der Waals surface area contributed by atoms with Gasteiger partial charge in [-0.3, -0.25) is 9.69 Å². The molecule has 0 aromatic carbocycles. The van der Waals surface area contributed by atoms with Crippen LogP contribution < -0.4 is 4.90 Å². The average Bonchev–Trinajstić information content (AvgIpc) is 3.05. The minimum Gasteiger partial charge on any atom is -0.363 e. The number of morpholine rings is 1. The zero-order chi connectivity index (χ0) is 11.2. The van der Waals surface area contributed by atoms with Gasteiger partial charge in [-0.1, -0.05) is 6.07 Å². The van der Waals surface area contributed by atoms with E-state index in [1.165, 1.54) is 0 Å². The number of carbonyl (C=O) groups is 1. The van der Waals surface area contributed by atoms with Crippen LogP contribution >= 0.6 is 0 Å². The molecule has 0 bridgehead atoms. The number of ether oxygens (including phenoxy) is 1. The second-order valence-electron chi connectivity index (χ2n) is 4.49. The zero-order valence-corrected chi connectivity index (χ0v) is 9.27. The highest BCUT2D eigenvalue weighted by Crippen LogP contribution is 2.43. The summed E-state index contributed by atoms with van der Waals surface area (Å²) in [7, 11) is 0. The molecule has 2 heterocycles. The van der Waals surface area contributed by atoms with Crippen molar-refractivity contribution < 1.29 is 9.53 Å². The van der Waals surface area contributed by atoms with Gasteiger partial charge in [0.25, 0.3) is 5.91 Å². The summed E-state index contributed by atoms with van der Waals surface area (Å²) < 4.78 is 5.55. The monoisotopic (exact) mass is 218 g/mol. The van der Waals surface area contributed by atoms with Gasteiger partial charge in [0.05, 0.1) is 13.2 Å². The Labute approximate surface area is 94.2 Å². The van der Waals surface area contributed by atoms with Crippen molar-refractivity contribution >= 4 is 11.7 Å². The van der Waals surface area contributed by atoms with Gasteiger partial charge in [0.15, 0.2) is 0 Å². The van der Waals surface area contributed by atoms with E-state index < -0.39 is 5.60 Å². The summed E-state index contributed by atoms with van der Waals surface area (Å²) in [5.41, 5.74) is 0.607. The standard InChI is InChI=1S/C12H14N2O2/c1-9-2-3-10(13-8-9)14-6-7-16-12(4-5-12)11(14)15/h2-3,8H,4-7H2,1H3. The number of hydrogen-bond acceptors (Lipinski definition) is 3. The second-order valence-corrected chi connectivity index (χ2v) is 4.49. The summed E-state index contributed by atoms with van der Waals surface area (Å²) in [5, 5.41) is 0. The SMILES string of the molecule is Cc1ccc(N2CCOC3(CC3)C2=O)nc1. The van der Waals surface area contributed by atoms with E-state index in [-0.39, 0.29) is 5.91 Å². The summed E-state index contributed by atoms with van der Waals surface area (Å²) >= 11 is 0. The number of nitrogens with zero attached hydrogens (tertiary/aromatic N) is 2. The maximum Gasteiger partial charge on any atom is 0.260 e.